The van der Waals surface area contributed by atoms with Gasteiger partial charge < -0.3 is 25.7 Å². The molecule has 0 spiro atoms. The number of nitrogens with one attached hydrogen (secondary N) is 2. The van der Waals surface area contributed by atoms with Crippen molar-refractivity contribution < 1.29 is 9.53 Å². The molecule has 0 unspecified atom stereocenters. The molecule has 1 aliphatic carbocycles. The summed E-state index contributed by atoms with van der Waals surface area (Å²) < 4.78 is 5.95. The molecule has 2 fully saturated rings. The number of anilines is 1. The van der Waals surface area contributed by atoms with Crippen molar-refractivity contribution in [1.82, 2.24) is 4.90 Å². The fraction of sp³-hybridized carbons (Fsp3) is 0.474. The smallest absolute Gasteiger partial charge is 0.293 e. The van der Waals surface area contributed by atoms with Crippen molar-refractivity contribution in [2.45, 2.75) is 19.8 Å². The summed E-state index contributed by atoms with van der Waals surface area (Å²) in [5.41, 5.74) is 1.23. The highest BCUT2D eigenvalue weighted by atomic mass is 35.5. The second-order valence-corrected chi connectivity index (χ2v) is 7.52. The van der Waals surface area contributed by atoms with Gasteiger partial charge in [-0.1, -0.05) is 24.6 Å². The number of hydrogen-bond acceptors (Lipinski definition) is 4. The molecule has 1 heterocycles. The van der Waals surface area contributed by atoms with E-state index in [1.165, 1.54) is 6.21 Å². The topological polar surface area (TPSA) is 79.5 Å². The van der Waals surface area contributed by atoms with Gasteiger partial charge in [-0.05, 0) is 44.1 Å². The number of piperazine rings is 1. The first-order valence-electron chi connectivity index (χ1n) is 8.83. The third-order valence-corrected chi connectivity index (χ3v) is 4.96. The molecule has 1 saturated heterocycles. The first-order chi connectivity index (χ1) is 12.5. The van der Waals surface area contributed by atoms with Crippen LogP contribution < -0.4 is 5.32 Å². The van der Waals surface area contributed by atoms with E-state index >= 15 is 0 Å². The maximum Gasteiger partial charge on any atom is 0.293 e. The van der Waals surface area contributed by atoms with Gasteiger partial charge in [-0.2, -0.15) is 0 Å². The van der Waals surface area contributed by atoms with Crippen LogP contribution in [-0.2, 0) is 9.53 Å². The zero-order chi connectivity index (χ0) is 18.6. The van der Waals surface area contributed by atoms with Crippen molar-refractivity contribution in [2.75, 3.05) is 38.1 Å². The fourth-order valence-electron chi connectivity index (χ4n) is 2.76. The quantitative estimate of drug-likeness (QED) is 0.433. The van der Waals surface area contributed by atoms with Crippen molar-refractivity contribution >= 4 is 29.4 Å². The predicted molar refractivity (Wildman–Crippen MR) is 104 cm³/mol. The van der Waals surface area contributed by atoms with Gasteiger partial charge in [0, 0.05) is 22.3 Å². The second-order valence-electron chi connectivity index (χ2n) is 7.08. The first kappa shape index (κ1) is 18.7. The Bertz CT molecular complexity index is 709. The number of ether oxygens (including phenoxy) is 1. The third kappa shape index (κ3) is 4.77. The number of nitrogens with zero attached hydrogens (tertiary/aromatic N) is 2. The zero-order valence-electron chi connectivity index (χ0n) is 14.9. The average Bonchev–Trinajstić information content (AvgIpc) is 3.37. The number of benzene rings is 1. The van der Waals surface area contributed by atoms with Crippen LogP contribution in [0.1, 0.15) is 19.8 Å². The minimum absolute atomic E-state index is 0.131. The van der Waals surface area contributed by atoms with Gasteiger partial charge in [-0.25, -0.2) is 0 Å². The number of amides is 1. The molecule has 26 heavy (non-hydrogen) atoms. The van der Waals surface area contributed by atoms with E-state index in [1.807, 2.05) is 4.90 Å². The Kier molecular flexibility index (Phi) is 5.84. The van der Waals surface area contributed by atoms with Crippen molar-refractivity contribution in [2.24, 2.45) is 5.41 Å². The second kappa shape index (κ2) is 8.10. The van der Waals surface area contributed by atoms with Gasteiger partial charge in [0.15, 0.2) is 0 Å². The van der Waals surface area contributed by atoms with Crippen LogP contribution in [0, 0.1) is 10.8 Å². The monoisotopic (exact) mass is 375 g/mol. The van der Waals surface area contributed by atoms with Crippen molar-refractivity contribution in [3.8, 4) is 0 Å². The van der Waals surface area contributed by atoms with Crippen LogP contribution in [-0.4, -0.2) is 49.8 Å². The van der Waals surface area contributed by atoms with E-state index in [-0.39, 0.29) is 17.1 Å². The van der Waals surface area contributed by atoms with Crippen molar-refractivity contribution in [3.05, 3.63) is 46.1 Å². The van der Waals surface area contributed by atoms with E-state index in [0.29, 0.717) is 49.2 Å². The van der Waals surface area contributed by atoms with E-state index in [1.54, 1.807) is 24.3 Å². The molecule has 1 aromatic carbocycles. The SMILES string of the molecule is CC1(CO/C(C(=O)Nc2cccc(Cl)c2)=C(/C=N)N2CC[N-]CC2)CC1. The summed E-state index contributed by atoms with van der Waals surface area (Å²) in [5, 5.41) is 15.6. The number of hydrogen-bond donors (Lipinski definition) is 2. The fourth-order valence-corrected chi connectivity index (χ4v) is 2.95. The summed E-state index contributed by atoms with van der Waals surface area (Å²) in [6.45, 7) is 5.36. The molecule has 2 aliphatic rings. The van der Waals surface area contributed by atoms with E-state index in [9.17, 15) is 4.79 Å². The van der Waals surface area contributed by atoms with Crippen LogP contribution in [0.3, 0.4) is 0 Å². The predicted octanol–water partition coefficient (Wildman–Crippen LogP) is 3.65. The highest BCUT2D eigenvalue weighted by molar-refractivity contribution is 6.31. The molecule has 1 aliphatic heterocycles. The molecule has 0 atom stereocenters. The molecule has 0 radical (unpaired) electrons. The van der Waals surface area contributed by atoms with Crippen molar-refractivity contribution in [1.29, 1.82) is 5.41 Å². The summed E-state index contributed by atoms with van der Waals surface area (Å²) in [5.74, 6) is -0.174. The lowest BCUT2D eigenvalue weighted by molar-refractivity contribution is -0.116. The van der Waals surface area contributed by atoms with Crippen LogP contribution in [0.2, 0.25) is 5.02 Å². The van der Waals surface area contributed by atoms with Gasteiger partial charge in [0.2, 0.25) is 5.76 Å². The number of carbonyl (C=O) groups excluding carboxylic acids is 1. The molecule has 140 valence electrons. The summed E-state index contributed by atoms with van der Waals surface area (Å²) in [7, 11) is 0. The number of halogens is 1. The Morgan fingerprint density at radius 2 is 2.15 bits per heavy atom. The maximum atomic E-state index is 12.9. The number of rotatable bonds is 7. The van der Waals surface area contributed by atoms with Gasteiger partial charge in [-0.15, -0.1) is 13.1 Å². The van der Waals surface area contributed by atoms with Crippen LogP contribution in [0.5, 0.6) is 0 Å². The van der Waals surface area contributed by atoms with Crippen LogP contribution >= 0.6 is 11.6 Å². The van der Waals surface area contributed by atoms with Crippen LogP contribution in [0.25, 0.3) is 5.32 Å². The van der Waals surface area contributed by atoms with Gasteiger partial charge in [-0.3, -0.25) is 4.79 Å². The summed E-state index contributed by atoms with van der Waals surface area (Å²) in [4.78, 5) is 14.9. The molecule has 1 amide bonds. The largest absolute Gasteiger partial charge is 0.659 e. The summed E-state index contributed by atoms with van der Waals surface area (Å²) in [6, 6.07) is 6.98. The number of carbonyl (C=O) groups is 1. The average molecular weight is 376 g/mol. The molecular weight excluding hydrogens is 352 g/mol. The standard InChI is InChI=1S/C19H24ClN4O2/c1-19(5-6-19)13-26-17(16(12-21)24-9-7-22-8-10-24)18(25)23-15-4-2-3-14(20)11-15/h2-4,11-12,21H,5-10,13H2,1H3,(H,23,25)/q-1/b17-16-,21-12?. The first-order valence-corrected chi connectivity index (χ1v) is 9.21. The van der Waals surface area contributed by atoms with Gasteiger partial charge in [0.05, 0.1) is 6.61 Å². The molecule has 7 heteroatoms. The Morgan fingerprint density at radius 1 is 1.42 bits per heavy atom. The maximum absolute atomic E-state index is 12.9. The lowest BCUT2D eigenvalue weighted by atomic mass is 10.2. The van der Waals surface area contributed by atoms with Crippen molar-refractivity contribution in [3.63, 3.8) is 0 Å². The molecule has 0 bridgehead atoms. The Balaban J connectivity index is 1.83. The molecule has 6 nitrogen and oxygen atoms in total. The van der Waals surface area contributed by atoms with Crippen LogP contribution in [0.15, 0.2) is 35.7 Å². The highest BCUT2D eigenvalue weighted by Crippen LogP contribution is 2.45. The molecule has 3 rings (SSSR count). The lowest BCUT2D eigenvalue weighted by Gasteiger charge is -2.37. The number of allylic oxidation sites excluding steroid dienone is 1. The molecule has 0 aromatic heterocycles. The van der Waals surface area contributed by atoms with Gasteiger partial charge >= 0.3 is 0 Å². The third-order valence-electron chi connectivity index (χ3n) is 4.72. The normalized spacial score (nSPS) is 19.4. The van der Waals surface area contributed by atoms with Gasteiger partial charge in [0.1, 0.15) is 5.70 Å². The minimum atomic E-state index is -0.363. The zero-order valence-corrected chi connectivity index (χ0v) is 15.7. The molecule has 1 saturated carbocycles. The van der Waals surface area contributed by atoms with Gasteiger partial charge in [0.25, 0.3) is 5.91 Å². The minimum Gasteiger partial charge on any atom is -0.659 e. The molecular formula is C19H24ClN4O2-. The Hall–Kier alpha value is -2.05. The highest BCUT2D eigenvalue weighted by Gasteiger charge is 2.39. The molecule has 1 aromatic rings. The van der Waals surface area contributed by atoms with E-state index in [4.69, 9.17) is 21.7 Å². The molecule has 2 N–H and O–H groups in total. The van der Waals surface area contributed by atoms with Crippen LogP contribution in [0.4, 0.5) is 5.69 Å². The summed E-state index contributed by atoms with van der Waals surface area (Å²) >= 11 is 6.00. The van der Waals surface area contributed by atoms with E-state index in [0.717, 1.165) is 12.8 Å². The lowest BCUT2D eigenvalue weighted by Crippen LogP contribution is -2.36. The van der Waals surface area contributed by atoms with E-state index in [2.05, 4.69) is 17.6 Å². The van der Waals surface area contributed by atoms with E-state index < -0.39 is 0 Å². The Morgan fingerprint density at radius 3 is 2.77 bits per heavy atom. The Labute approximate surface area is 159 Å². The summed E-state index contributed by atoms with van der Waals surface area (Å²) in [6.07, 6.45) is 3.39.